The highest BCUT2D eigenvalue weighted by molar-refractivity contribution is 5.96. The van der Waals surface area contributed by atoms with Crippen molar-refractivity contribution in [1.82, 2.24) is 10.6 Å². The average molecular weight is 263 g/mol. The van der Waals surface area contributed by atoms with Crippen LogP contribution in [-0.2, 0) is 4.79 Å². The Morgan fingerprint density at radius 2 is 1.79 bits per heavy atom. The van der Waals surface area contributed by atoms with E-state index >= 15 is 0 Å². The summed E-state index contributed by atoms with van der Waals surface area (Å²) in [5, 5.41) is 8.50. The third kappa shape index (κ3) is 5.52. The van der Waals surface area contributed by atoms with Crippen LogP contribution < -0.4 is 16.0 Å². The van der Waals surface area contributed by atoms with Crippen LogP contribution in [0, 0.1) is 0 Å². The number of carbonyl (C=O) groups is 2. The van der Waals surface area contributed by atoms with E-state index in [1.807, 2.05) is 20.8 Å². The molecule has 1 aromatic carbocycles. The van der Waals surface area contributed by atoms with Crippen LogP contribution in [0.3, 0.4) is 0 Å². The summed E-state index contributed by atoms with van der Waals surface area (Å²) in [6.45, 7) is 6.80. The summed E-state index contributed by atoms with van der Waals surface area (Å²) < 4.78 is 0. The fourth-order valence-electron chi connectivity index (χ4n) is 1.49. The summed E-state index contributed by atoms with van der Waals surface area (Å²) in [7, 11) is 0. The summed E-state index contributed by atoms with van der Waals surface area (Å²) in [6.07, 6.45) is 0. The van der Waals surface area contributed by atoms with Crippen molar-refractivity contribution in [2.45, 2.75) is 26.8 Å². The van der Waals surface area contributed by atoms with E-state index in [0.717, 1.165) is 6.54 Å². The molecule has 5 nitrogen and oxygen atoms in total. The van der Waals surface area contributed by atoms with E-state index in [2.05, 4.69) is 16.0 Å². The molecule has 0 saturated carbocycles. The van der Waals surface area contributed by atoms with Gasteiger partial charge in [0.1, 0.15) is 0 Å². The maximum absolute atomic E-state index is 11.7. The van der Waals surface area contributed by atoms with E-state index in [1.54, 1.807) is 24.3 Å². The third-order valence-electron chi connectivity index (χ3n) is 2.39. The van der Waals surface area contributed by atoms with Gasteiger partial charge in [0.15, 0.2) is 0 Å². The molecule has 0 aliphatic carbocycles. The molecule has 0 fully saturated rings. The molecule has 1 aromatic rings. The van der Waals surface area contributed by atoms with E-state index < -0.39 is 0 Å². The summed E-state index contributed by atoms with van der Waals surface area (Å²) in [4.78, 5) is 23.2. The van der Waals surface area contributed by atoms with Gasteiger partial charge in [-0.25, -0.2) is 0 Å². The highest BCUT2D eigenvalue weighted by Gasteiger charge is 2.07. The van der Waals surface area contributed by atoms with Gasteiger partial charge in [0.25, 0.3) is 5.91 Å². The first kappa shape index (κ1) is 15.2. The summed E-state index contributed by atoms with van der Waals surface area (Å²) in [6, 6.07) is 6.94. The molecule has 0 unspecified atom stereocenters. The van der Waals surface area contributed by atoms with Crippen LogP contribution in [0.5, 0.6) is 0 Å². The Balaban J connectivity index is 2.56. The van der Waals surface area contributed by atoms with Crippen molar-refractivity contribution >= 4 is 17.5 Å². The Hall–Kier alpha value is -1.88. The van der Waals surface area contributed by atoms with Gasteiger partial charge in [0.2, 0.25) is 5.91 Å². The SMILES string of the molecule is CCNCC(=O)Nc1ccc(C(=O)NC(C)C)cc1. The van der Waals surface area contributed by atoms with Gasteiger partial charge in [-0.1, -0.05) is 6.92 Å². The molecule has 0 aliphatic heterocycles. The fraction of sp³-hybridized carbons (Fsp3) is 0.429. The first-order valence-corrected chi connectivity index (χ1v) is 6.44. The van der Waals surface area contributed by atoms with Crippen molar-refractivity contribution in [2.75, 3.05) is 18.4 Å². The lowest BCUT2D eigenvalue weighted by molar-refractivity contribution is -0.115. The molecule has 3 N–H and O–H groups in total. The first-order chi connectivity index (χ1) is 9.02. The van der Waals surface area contributed by atoms with Gasteiger partial charge >= 0.3 is 0 Å². The van der Waals surface area contributed by atoms with Crippen molar-refractivity contribution in [2.24, 2.45) is 0 Å². The number of anilines is 1. The summed E-state index contributed by atoms with van der Waals surface area (Å²) in [5.74, 6) is -0.207. The van der Waals surface area contributed by atoms with Gasteiger partial charge in [0, 0.05) is 17.3 Å². The van der Waals surface area contributed by atoms with Crippen molar-refractivity contribution < 1.29 is 9.59 Å². The second kappa shape index (κ2) is 7.53. The molecule has 0 spiro atoms. The molecule has 0 radical (unpaired) electrons. The minimum Gasteiger partial charge on any atom is -0.350 e. The molecule has 0 atom stereocenters. The lowest BCUT2D eigenvalue weighted by atomic mass is 10.2. The van der Waals surface area contributed by atoms with Crippen LogP contribution in [0.2, 0.25) is 0 Å². The number of carbonyl (C=O) groups excluding carboxylic acids is 2. The summed E-state index contributed by atoms with van der Waals surface area (Å²) in [5.41, 5.74) is 1.27. The largest absolute Gasteiger partial charge is 0.350 e. The Kier molecular flexibility index (Phi) is 6.02. The van der Waals surface area contributed by atoms with Gasteiger partial charge in [-0.15, -0.1) is 0 Å². The normalized spacial score (nSPS) is 10.3. The van der Waals surface area contributed by atoms with Crippen LogP contribution in [0.1, 0.15) is 31.1 Å². The van der Waals surface area contributed by atoms with Crippen molar-refractivity contribution in [3.8, 4) is 0 Å². The van der Waals surface area contributed by atoms with Crippen LogP contribution in [-0.4, -0.2) is 30.9 Å². The number of hydrogen-bond donors (Lipinski definition) is 3. The first-order valence-electron chi connectivity index (χ1n) is 6.44. The molecule has 19 heavy (non-hydrogen) atoms. The predicted molar refractivity (Wildman–Crippen MR) is 76.2 cm³/mol. The standard InChI is InChI=1S/C14H21N3O2/c1-4-15-9-13(18)17-12-7-5-11(6-8-12)14(19)16-10(2)3/h5-8,10,15H,4,9H2,1-3H3,(H,16,19)(H,17,18). The zero-order valence-corrected chi connectivity index (χ0v) is 11.6. The Morgan fingerprint density at radius 3 is 2.32 bits per heavy atom. The molecule has 0 bridgehead atoms. The van der Waals surface area contributed by atoms with Gasteiger partial charge in [-0.2, -0.15) is 0 Å². The van der Waals surface area contributed by atoms with Gasteiger partial charge < -0.3 is 16.0 Å². The molecule has 2 amide bonds. The number of benzene rings is 1. The van der Waals surface area contributed by atoms with Gasteiger partial charge in [-0.05, 0) is 44.7 Å². The van der Waals surface area contributed by atoms with Crippen molar-refractivity contribution in [1.29, 1.82) is 0 Å². The maximum atomic E-state index is 11.7. The van der Waals surface area contributed by atoms with Crippen LogP contribution in [0.15, 0.2) is 24.3 Å². The highest BCUT2D eigenvalue weighted by atomic mass is 16.2. The smallest absolute Gasteiger partial charge is 0.251 e. The molecule has 0 aliphatic rings. The predicted octanol–water partition coefficient (Wildman–Crippen LogP) is 1.37. The maximum Gasteiger partial charge on any atom is 0.251 e. The van der Waals surface area contributed by atoms with Gasteiger partial charge in [-0.3, -0.25) is 9.59 Å². The Labute approximate surface area is 113 Å². The van der Waals surface area contributed by atoms with E-state index in [1.165, 1.54) is 0 Å². The van der Waals surface area contributed by atoms with Crippen LogP contribution in [0.4, 0.5) is 5.69 Å². The number of amides is 2. The molecule has 104 valence electrons. The number of hydrogen-bond acceptors (Lipinski definition) is 3. The van der Waals surface area contributed by atoms with Crippen LogP contribution in [0.25, 0.3) is 0 Å². The van der Waals surface area contributed by atoms with E-state index in [0.29, 0.717) is 11.3 Å². The second-order valence-electron chi connectivity index (χ2n) is 4.53. The monoisotopic (exact) mass is 263 g/mol. The third-order valence-corrected chi connectivity index (χ3v) is 2.39. The minimum absolute atomic E-state index is 0.0961. The highest BCUT2D eigenvalue weighted by Crippen LogP contribution is 2.09. The molecule has 0 heterocycles. The number of nitrogens with one attached hydrogen (secondary N) is 3. The summed E-state index contributed by atoms with van der Waals surface area (Å²) >= 11 is 0. The molecule has 1 rings (SSSR count). The molecule has 5 heteroatoms. The number of likely N-dealkylation sites (N-methyl/N-ethyl adjacent to an activating group) is 1. The lowest BCUT2D eigenvalue weighted by Crippen LogP contribution is -2.30. The van der Waals surface area contributed by atoms with E-state index in [9.17, 15) is 9.59 Å². The topological polar surface area (TPSA) is 70.2 Å². The Bertz CT molecular complexity index is 427. The fourth-order valence-corrected chi connectivity index (χ4v) is 1.49. The molecule has 0 aromatic heterocycles. The second-order valence-corrected chi connectivity index (χ2v) is 4.53. The van der Waals surface area contributed by atoms with E-state index in [4.69, 9.17) is 0 Å². The zero-order chi connectivity index (χ0) is 14.3. The molecular weight excluding hydrogens is 242 g/mol. The lowest BCUT2D eigenvalue weighted by Gasteiger charge is -2.09. The molecule has 0 saturated heterocycles. The van der Waals surface area contributed by atoms with E-state index in [-0.39, 0.29) is 24.4 Å². The zero-order valence-electron chi connectivity index (χ0n) is 11.6. The quantitative estimate of drug-likeness (QED) is 0.726. The number of rotatable bonds is 6. The molecular formula is C14H21N3O2. The van der Waals surface area contributed by atoms with Gasteiger partial charge in [0.05, 0.1) is 6.54 Å². The van der Waals surface area contributed by atoms with Crippen LogP contribution >= 0.6 is 0 Å². The van der Waals surface area contributed by atoms with Crippen molar-refractivity contribution in [3.05, 3.63) is 29.8 Å². The van der Waals surface area contributed by atoms with Crippen molar-refractivity contribution in [3.63, 3.8) is 0 Å². The Morgan fingerprint density at radius 1 is 1.16 bits per heavy atom. The minimum atomic E-state index is -0.111. The average Bonchev–Trinajstić information content (AvgIpc) is 2.36.